The Labute approximate surface area is 154 Å². The van der Waals surface area contributed by atoms with Crippen LogP contribution in [0, 0.1) is 0 Å². The van der Waals surface area contributed by atoms with Gasteiger partial charge in [0.1, 0.15) is 5.75 Å². The molecule has 3 nitrogen and oxygen atoms in total. The number of benzene rings is 2. The van der Waals surface area contributed by atoms with Crippen LogP contribution in [0.1, 0.15) is 42.5 Å². The van der Waals surface area contributed by atoms with E-state index in [2.05, 4.69) is 12.1 Å². The number of hydrogen-bond acceptors (Lipinski definition) is 2. The first-order chi connectivity index (χ1) is 12.8. The van der Waals surface area contributed by atoms with Gasteiger partial charge in [-0.25, -0.2) is 0 Å². The van der Waals surface area contributed by atoms with Crippen molar-refractivity contribution < 1.29 is 14.1 Å². The van der Waals surface area contributed by atoms with Crippen LogP contribution in [-0.2, 0) is 6.54 Å². The summed E-state index contributed by atoms with van der Waals surface area (Å²) < 4.78 is 8.05. The van der Waals surface area contributed by atoms with Crippen LogP contribution < -0.4 is 9.30 Å². The Hall–Kier alpha value is -2.68. The molecule has 26 heavy (non-hydrogen) atoms. The van der Waals surface area contributed by atoms with Crippen molar-refractivity contribution in [2.45, 2.75) is 44.8 Å². The summed E-state index contributed by atoms with van der Waals surface area (Å²) in [6.07, 6.45) is 8.39. The van der Waals surface area contributed by atoms with Gasteiger partial charge in [-0.15, -0.1) is 0 Å². The lowest BCUT2D eigenvalue weighted by molar-refractivity contribution is -0.657. The number of pyridine rings is 1. The van der Waals surface area contributed by atoms with E-state index in [-0.39, 0.29) is 5.78 Å². The first-order valence-corrected chi connectivity index (χ1v) is 9.47. The van der Waals surface area contributed by atoms with Crippen molar-refractivity contribution in [3.05, 3.63) is 72.4 Å². The SMILES string of the molecule is O=C(C[n+]1cccc2ccccc21)c1ccc(OC2CCCCC2)cc1. The molecule has 1 aliphatic rings. The van der Waals surface area contributed by atoms with Gasteiger partial charge in [0.15, 0.2) is 6.20 Å². The van der Waals surface area contributed by atoms with Gasteiger partial charge < -0.3 is 4.74 Å². The fourth-order valence-corrected chi connectivity index (χ4v) is 3.70. The Morgan fingerprint density at radius 1 is 0.923 bits per heavy atom. The highest BCUT2D eigenvalue weighted by molar-refractivity contribution is 5.95. The predicted octanol–water partition coefficient (Wildman–Crippen LogP) is 4.72. The molecule has 132 valence electrons. The highest BCUT2D eigenvalue weighted by Gasteiger charge is 2.17. The second-order valence-electron chi connectivity index (χ2n) is 7.02. The lowest BCUT2D eigenvalue weighted by atomic mass is 9.98. The molecule has 0 saturated heterocycles. The van der Waals surface area contributed by atoms with Crippen LogP contribution in [0.5, 0.6) is 5.75 Å². The number of ketones is 1. The fourth-order valence-electron chi connectivity index (χ4n) is 3.70. The summed E-state index contributed by atoms with van der Waals surface area (Å²) >= 11 is 0. The number of hydrogen-bond donors (Lipinski definition) is 0. The third-order valence-corrected chi connectivity index (χ3v) is 5.13. The van der Waals surface area contributed by atoms with E-state index < -0.39 is 0 Å². The third kappa shape index (κ3) is 3.77. The van der Waals surface area contributed by atoms with Crippen LogP contribution in [0.3, 0.4) is 0 Å². The molecule has 1 aromatic heterocycles. The van der Waals surface area contributed by atoms with E-state index in [0.717, 1.165) is 35.1 Å². The summed E-state index contributed by atoms with van der Waals surface area (Å²) in [7, 11) is 0. The Morgan fingerprint density at radius 3 is 2.46 bits per heavy atom. The average molecular weight is 346 g/mol. The summed E-state index contributed by atoms with van der Waals surface area (Å²) in [6.45, 7) is 0.337. The maximum absolute atomic E-state index is 12.7. The summed E-state index contributed by atoms with van der Waals surface area (Å²) in [6, 6.07) is 19.8. The predicted molar refractivity (Wildman–Crippen MR) is 102 cm³/mol. The zero-order valence-electron chi connectivity index (χ0n) is 14.9. The van der Waals surface area contributed by atoms with E-state index >= 15 is 0 Å². The monoisotopic (exact) mass is 346 g/mol. The highest BCUT2D eigenvalue weighted by atomic mass is 16.5. The molecule has 2 aromatic carbocycles. The second-order valence-corrected chi connectivity index (χ2v) is 7.02. The Balaban J connectivity index is 1.46. The number of aromatic nitrogens is 1. The van der Waals surface area contributed by atoms with Crippen LogP contribution in [0.25, 0.3) is 10.9 Å². The van der Waals surface area contributed by atoms with Crippen LogP contribution in [0.15, 0.2) is 66.9 Å². The number of fused-ring (bicyclic) bond motifs is 1. The normalized spacial score (nSPS) is 15.1. The minimum atomic E-state index is 0.107. The van der Waals surface area contributed by atoms with E-state index in [1.807, 2.05) is 59.3 Å². The largest absolute Gasteiger partial charge is 0.490 e. The van der Waals surface area contributed by atoms with Gasteiger partial charge in [0.25, 0.3) is 0 Å². The van der Waals surface area contributed by atoms with Crippen molar-refractivity contribution in [3.63, 3.8) is 0 Å². The first kappa shape index (κ1) is 16.8. The van der Waals surface area contributed by atoms with Gasteiger partial charge in [-0.05, 0) is 62.1 Å². The van der Waals surface area contributed by atoms with Gasteiger partial charge in [-0.2, -0.15) is 4.57 Å². The second kappa shape index (κ2) is 7.69. The quantitative estimate of drug-likeness (QED) is 0.494. The number of carbonyl (C=O) groups is 1. The number of rotatable bonds is 5. The molecule has 0 radical (unpaired) electrons. The molecular formula is C23H24NO2+. The average Bonchev–Trinajstić information content (AvgIpc) is 2.70. The smallest absolute Gasteiger partial charge is 0.227 e. The first-order valence-electron chi connectivity index (χ1n) is 9.47. The maximum Gasteiger partial charge on any atom is 0.227 e. The van der Waals surface area contributed by atoms with E-state index in [0.29, 0.717) is 12.6 Å². The van der Waals surface area contributed by atoms with Gasteiger partial charge in [0, 0.05) is 23.1 Å². The molecule has 1 fully saturated rings. The number of ether oxygens (including phenoxy) is 1. The molecule has 0 spiro atoms. The number of nitrogens with zero attached hydrogens (tertiary/aromatic N) is 1. The Kier molecular flexibility index (Phi) is 4.96. The van der Waals surface area contributed by atoms with Gasteiger partial charge in [0.05, 0.1) is 6.10 Å². The maximum atomic E-state index is 12.7. The minimum absolute atomic E-state index is 0.107. The molecule has 0 unspecified atom stereocenters. The summed E-state index contributed by atoms with van der Waals surface area (Å²) in [5, 5.41) is 1.14. The van der Waals surface area contributed by atoms with E-state index in [1.165, 1.54) is 19.3 Å². The minimum Gasteiger partial charge on any atom is -0.490 e. The lowest BCUT2D eigenvalue weighted by Crippen LogP contribution is -2.38. The molecule has 3 heteroatoms. The third-order valence-electron chi connectivity index (χ3n) is 5.13. The Bertz CT molecular complexity index is 890. The van der Waals surface area contributed by atoms with Crippen LogP contribution in [0.2, 0.25) is 0 Å². The summed E-state index contributed by atoms with van der Waals surface area (Å²) in [5.74, 6) is 0.974. The molecule has 0 amide bonds. The van der Waals surface area contributed by atoms with E-state index in [1.54, 1.807) is 0 Å². The number of Topliss-reactive ketones (excluding diaryl/α,β-unsaturated/α-hetero) is 1. The molecule has 0 aliphatic heterocycles. The molecule has 0 bridgehead atoms. The molecule has 1 aliphatic carbocycles. The molecule has 1 heterocycles. The van der Waals surface area contributed by atoms with Crippen molar-refractivity contribution in [3.8, 4) is 5.75 Å². The van der Waals surface area contributed by atoms with Crippen molar-refractivity contribution in [2.75, 3.05) is 0 Å². The number of carbonyl (C=O) groups excluding carboxylic acids is 1. The van der Waals surface area contributed by atoms with Crippen molar-refractivity contribution in [1.29, 1.82) is 0 Å². The molecule has 0 N–H and O–H groups in total. The molecule has 4 rings (SSSR count). The molecule has 1 saturated carbocycles. The highest BCUT2D eigenvalue weighted by Crippen LogP contribution is 2.23. The summed E-state index contributed by atoms with van der Waals surface area (Å²) in [4.78, 5) is 12.7. The van der Waals surface area contributed by atoms with Crippen molar-refractivity contribution in [1.82, 2.24) is 0 Å². The summed E-state index contributed by atoms with van der Waals surface area (Å²) in [5.41, 5.74) is 1.79. The molecular weight excluding hydrogens is 322 g/mol. The number of para-hydroxylation sites is 1. The van der Waals surface area contributed by atoms with Gasteiger partial charge in [-0.3, -0.25) is 4.79 Å². The van der Waals surface area contributed by atoms with Crippen molar-refractivity contribution in [2.24, 2.45) is 0 Å². The van der Waals surface area contributed by atoms with Gasteiger partial charge in [0.2, 0.25) is 17.8 Å². The van der Waals surface area contributed by atoms with Crippen LogP contribution in [0.4, 0.5) is 0 Å². The van der Waals surface area contributed by atoms with E-state index in [9.17, 15) is 4.79 Å². The topological polar surface area (TPSA) is 30.2 Å². The van der Waals surface area contributed by atoms with Gasteiger partial charge >= 0.3 is 0 Å². The molecule has 3 aromatic rings. The lowest BCUT2D eigenvalue weighted by Gasteiger charge is -2.22. The van der Waals surface area contributed by atoms with Crippen LogP contribution >= 0.6 is 0 Å². The molecule has 0 atom stereocenters. The fraction of sp³-hybridized carbons (Fsp3) is 0.304. The van der Waals surface area contributed by atoms with Gasteiger partial charge in [-0.1, -0.05) is 18.6 Å². The zero-order valence-corrected chi connectivity index (χ0v) is 14.9. The van der Waals surface area contributed by atoms with Crippen molar-refractivity contribution >= 4 is 16.7 Å². The Morgan fingerprint density at radius 2 is 1.65 bits per heavy atom. The van der Waals surface area contributed by atoms with E-state index in [4.69, 9.17) is 4.74 Å². The standard InChI is InChI=1S/C23H24NO2/c25-23(17-24-16-6-8-18-7-4-5-11-22(18)24)19-12-14-21(15-13-19)26-20-9-2-1-3-10-20/h4-8,11-16,20H,1-3,9-10,17H2/q+1. The van der Waals surface area contributed by atoms with Crippen LogP contribution in [-0.4, -0.2) is 11.9 Å². The zero-order chi connectivity index (χ0) is 17.8.